The van der Waals surface area contributed by atoms with Crippen LogP contribution >= 0.6 is 0 Å². The molecule has 1 aromatic rings. The Balaban J connectivity index is 3.08. The van der Waals surface area contributed by atoms with Crippen LogP contribution in [0.5, 0.6) is 11.5 Å². The smallest absolute Gasteiger partial charge is 0.480 e. The Labute approximate surface area is 230 Å². The molecule has 220 valence electrons. The Morgan fingerprint density at radius 2 is 1.36 bits per heavy atom. The Morgan fingerprint density at radius 1 is 0.821 bits per heavy atom. The molecule has 0 saturated heterocycles. The molecule has 0 radical (unpaired) electrons. The average Bonchev–Trinajstić information content (AvgIpc) is 2.82. The Bertz CT molecular complexity index is 962. The Hall–Kier alpha value is -3.34. The van der Waals surface area contributed by atoms with Crippen LogP contribution in [0.1, 0.15) is 73.8 Å². The predicted octanol–water partition coefficient (Wildman–Crippen LogP) is 5.12. The lowest BCUT2D eigenvalue weighted by Crippen LogP contribution is -2.42. The molecule has 3 unspecified atom stereocenters. The third-order valence-corrected chi connectivity index (χ3v) is 6.01. The van der Waals surface area contributed by atoms with Crippen molar-refractivity contribution in [2.24, 2.45) is 11.8 Å². The van der Waals surface area contributed by atoms with Crippen molar-refractivity contribution in [2.45, 2.75) is 99.0 Å². The van der Waals surface area contributed by atoms with E-state index in [1.807, 2.05) is 34.6 Å². The van der Waals surface area contributed by atoms with Crippen molar-refractivity contribution in [3.8, 4) is 11.5 Å². The molecular formula is C28H43NO10. The van der Waals surface area contributed by atoms with Gasteiger partial charge < -0.3 is 34.1 Å². The molecule has 0 amide bonds. The zero-order chi connectivity index (χ0) is 29.7. The molecule has 0 aliphatic heterocycles. The summed E-state index contributed by atoms with van der Waals surface area (Å²) in [5.41, 5.74) is 0.474. The summed E-state index contributed by atoms with van der Waals surface area (Å²) in [6, 6.07) is 3.30. The second-order valence-electron chi connectivity index (χ2n) is 10.2. The highest BCUT2D eigenvalue weighted by Gasteiger charge is 2.24. The standard InChI is InChI=1S/C28H43NO10/c1-9-10-25(30)35-18(6)15-29-22(26(31)32)13-21-11-12-23(38-27(33)36-19(7)16(2)3)24(14-21)39-28(34)37-20(8)17(4)5/h11-12,14,16-20,22,29H,9-10,13,15H2,1-8H3,(H,31,32)/t18?,19?,20?,22-/m0/s1. The lowest BCUT2D eigenvalue weighted by Gasteiger charge is -2.20. The number of hydrogen-bond acceptors (Lipinski definition) is 10. The molecule has 0 aliphatic rings. The number of benzene rings is 1. The van der Waals surface area contributed by atoms with E-state index in [2.05, 4.69) is 5.32 Å². The summed E-state index contributed by atoms with van der Waals surface area (Å²) >= 11 is 0. The van der Waals surface area contributed by atoms with Gasteiger partial charge in [-0.05, 0) is 63.1 Å². The second-order valence-corrected chi connectivity index (χ2v) is 10.2. The first-order chi connectivity index (χ1) is 18.2. The largest absolute Gasteiger partial charge is 0.514 e. The number of carbonyl (C=O) groups excluding carboxylic acids is 3. The van der Waals surface area contributed by atoms with E-state index in [1.54, 1.807) is 26.8 Å². The number of aliphatic carboxylic acids is 1. The SMILES string of the molecule is CCCC(=O)OC(C)CN[C@@H](Cc1ccc(OC(=O)OC(C)C(C)C)c(OC(=O)OC(C)C(C)C)c1)C(=O)O. The maximum absolute atomic E-state index is 12.4. The summed E-state index contributed by atoms with van der Waals surface area (Å²) in [5.74, 6) is -1.60. The first-order valence-corrected chi connectivity index (χ1v) is 13.3. The van der Waals surface area contributed by atoms with Gasteiger partial charge in [-0.25, -0.2) is 9.59 Å². The van der Waals surface area contributed by atoms with Gasteiger partial charge in [-0.3, -0.25) is 9.59 Å². The van der Waals surface area contributed by atoms with Crippen LogP contribution < -0.4 is 14.8 Å². The van der Waals surface area contributed by atoms with Crippen LogP contribution in [-0.4, -0.2) is 60.3 Å². The van der Waals surface area contributed by atoms with Crippen molar-refractivity contribution in [2.75, 3.05) is 6.54 Å². The van der Waals surface area contributed by atoms with Crippen LogP contribution in [0.2, 0.25) is 0 Å². The van der Waals surface area contributed by atoms with E-state index in [9.17, 15) is 24.3 Å². The van der Waals surface area contributed by atoms with Crippen molar-refractivity contribution >= 4 is 24.2 Å². The van der Waals surface area contributed by atoms with Gasteiger partial charge in [0.05, 0.1) is 0 Å². The van der Waals surface area contributed by atoms with E-state index >= 15 is 0 Å². The number of hydrogen-bond donors (Lipinski definition) is 2. The minimum Gasteiger partial charge on any atom is -0.480 e. The first kappa shape index (κ1) is 33.7. The van der Waals surface area contributed by atoms with E-state index in [-0.39, 0.29) is 48.7 Å². The van der Waals surface area contributed by atoms with Gasteiger partial charge in [-0.15, -0.1) is 0 Å². The minimum absolute atomic E-state index is 0.00608. The van der Waals surface area contributed by atoms with E-state index in [0.29, 0.717) is 12.0 Å². The summed E-state index contributed by atoms with van der Waals surface area (Å²) in [4.78, 5) is 48.3. The van der Waals surface area contributed by atoms with E-state index in [1.165, 1.54) is 12.1 Å². The molecule has 11 nitrogen and oxygen atoms in total. The lowest BCUT2D eigenvalue weighted by molar-refractivity contribution is -0.148. The van der Waals surface area contributed by atoms with E-state index < -0.39 is 42.6 Å². The fraction of sp³-hybridized carbons (Fsp3) is 0.643. The molecule has 2 N–H and O–H groups in total. The second kappa shape index (κ2) is 16.6. The highest BCUT2D eigenvalue weighted by Crippen LogP contribution is 2.30. The number of nitrogens with one attached hydrogen (secondary N) is 1. The molecule has 0 heterocycles. The molecule has 0 spiro atoms. The molecule has 1 rings (SSSR count). The van der Waals surface area contributed by atoms with Crippen LogP contribution in [-0.2, 0) is 30.2 Å². The van der Waals surface area contributed by atoms with Crippen molar-refractivity contribution in [1.29, 1.82) is 0 Å². The number of carboxylic acids is 1. The third kappa shape index (κ3) is 12.8. The molecular weight excluding hydrogens is 510 g/mol. The van der Waals surface area contributed by atoms with E-state index in [4.69, 9.17) is 23.7 Å². The van der Waals surface area contributed by atoms with Crippen LogP contribution in [0.3, 0.4) is 0 Å². The van der Waals surface area contributed by atoms with Crippen molar-refractivity contribution in [1.82, 2.24) is 5.32 Å². The zero-order valence-electron chi connectivity index (χ0n) is 24.1. The molecule has 0 aromatic heterocycles. The molecule has 0 fully saturated rings. The molecule has 4 atom stereocenters. The topological polar surface area (TPSA) is 147 Å². The Morgan fingerprint density at radius 3 is 1.85 bits per heavy atom. The van der Waals surface area contributed by atoms with Gasteiger partial charge in [0.25, 0.3) is 0 Å². The lowest BCUT2D eigenvalue weighted by atomic mass is 10.0. The Kier molecular flexibility index (Phi) is 14.3. The van der Waals surface area contributed by atoms with Crippen LogP contribution in [0, 0.1) is 11.8 Å². The molecule has 0 bridgehead atoms. The summed E-state index contributed by atoms with van der Waals surface area (Å²) in [5, 5.41) is 12.6. The number of esters is 1. The monoisotopic (exact) mass is 553 g/mol. The fourth-order valence-electron chi connectivity index (χ4n) is 2.97. The summed E-state index contributed by atoms with van der Waals surface area (Å²) in [6.45, 7) is 14.6. The third-order valence-electron chi connectivity index (χ3n) is 6.01. The molecule has 39 heavy (non-hydrogen) atoms. The fourth-order valence-corrected chi connectivity index (χ4v) is 2.97. The van der Waals surface area contributed by atoms with E-state index in [0.717, 1.165) is 0 Å². The number of rotatable bonds is 15. The van der Waals surface area contributed by atoms with Gasteiger partial charge in [-0.1, -0.05) is 40.7 Å². The molecule has 1 aromatic carbocycles. The van der Waals surface area contributed by atoms with Crippen LogP contribution in [0.4, 0.5) is 9.59 Å². The number of carbonyl (C=O) groups is 4. The van der Waals surface area contributed by atoms with Crippen molar-refractivity contribution in [3.63, 3.8) is 0 Å². The molecule has 11 heteroatoms. The van der Waals surface area contributed by atoms with Gasteiger partial charge in [0.2, 0.25) is 0 Å². The normalized spacial score (nSPS) is 14.2. The quantitative estimate of drug-likeness (QED) is 0.169. The number of ether oxygens (including phenoxy) is 5. The number of carboxylic acid groups (broad SMARTS) is 1. The summed E-state index contributed by atoms with van der Waals surface area (Å²) in [6.07, 6.45) is -2.43. The van der Waals surface area contributed by atoms with Gasteiger partial charge >= 0.3 is 24.2 Å². The van der Waals surface area contributed by atoms with Gasteiger partial charge in [0, 0.05) is 13.0 Å². The average molecular weight is 554 g/mol. The van der Waals surface area contributed by atoms with Gasteiger partial charge in [0.1, 0.15) is 24.4 Å². The van der Waals surface area contributed by atoms with Crippen molar-refractivity contribution < 1.29 is 48.0 Å². The minimum atomic E-state index is -1.12. The summed E-state index contributed by atoms with van der Waals surface area (Å²) in [7, 11) is 0. The highest BCUT2D eigenvalue weighted by molar-refractivity contribution is 5.74. The molecule has 0 saturated carbocycles. The van der Waals surface area contributed by atoms with Gasteiger partial charge in [0.15, 0.2) is 11.5 Å². The predicted molar refractivity (Wildman–Crippen MR) is 143 cm³/mol. The highest BCUT2D eigenvalue weighted by atomic mass is 16.7. The maximum Gasteiger partial charge on any atom is 0.514 e. The first-order valence-electron chi connectivity index (χ1n) is 13.3. The van der Waals surface area contributed by atoms with Crippen molar-refractivity contribution in [3.05, 3.63) is 23.8 Å². The van der Waals surface area contributed by atoms with Gasteiger partial charge in [-0.2, -0.15) is 0 Å². The zero-order valence-corrected chi connectivity index (χ0v) is 24.1. The van der Waals surface area contributed by atoms with Crippen LogP contribution in [0.25, 0.3) is 0 Å². The maximum atomic E-state index is 12.4. The summed E-state index contributed by atoms with van der Waals surface area (Å²) < 4.78 is 26.4. The molecule has 0 aliphatic carbocycles. The van der Waals surface area contributed by atoms with Crippen LogP contribution in [0.15, 0.2) is 18.2 Å².